The highest BCUT2D eigenvalue weighted by atomic mass is 15.0. The highest BCUT2D eigenvalue weighted by Crippen LogP contribution is 2.44. The Morgan fingerprint density at radius 2 is 1.89 bits per heavy atom. The molecule has 0 aliphatic heterocycles. The van der Waals surface area contributed by atoms with E-state index in [-0.39, 0.29) is 0 Å². The number of hydrogen-bond donors (Lipinski definition) is 2. The van der Waals surface area contributed by atoms with Crippen LogP contribution in [0.5, 0.6) is 0 Å². The maximum atomic E-state index is 5.79. The lowest BCUT2D eigenvalue weighted by Gasteiger charge is -2.15. The molecular formula is C14H18N4. The van der Waals surface area contributed by atoms with Gasteiger partial charge in [-0.2, -0.15) is 0 Å². The number of hydrogen-bond acceptors (Lipinski definition) is 4. The minimum Gasteiger partial charge on any atom is -0.368 e. The Bertz CT molecular complexity index is 575. The number of fused-ring (bicyclic) bond motifs is 1. The molecule has 2 aromatic rings. The molecule has 0 amide bonds. The van der Waals surface area contributed by atoms with Crippen molar-refractivity contribution in [2.75, 3.05) is 18.4 Å². The number of aryl methyl sites for hydroxylation is 1. The molecule has 0 bridgehead atoms. The van der Waals surface area contributed by atoms with Crippen molar-refractivity contribution in [1.82, 2.24) is 9.97 Å². The molecule has 1 aliphatic rings. The fraction of sp³-hybridized carbons (Fsp3) is 0.429. The van der Waals surface area contributed by atoms with Crippen LogP contribution < -0.4 is 11.1 Å². The third kappa shape index (κ3) is 2.04. The Hall–Kier alpha value is -1.68. The van der Waals surface area contributed by atoms with Crippen molar-refractivity contribution in [3.8, 4) is 0 Å². The molecule has 1 fully saturated rings. The molecule has 3 rings (SSSR count). The summed E-state index contributed by atoms with van der Waals surface area (Å²) in [6, 6.07) is 7.94. The molecule has 0 atom stereocenters. The third-order valence-electron chi connectivity index (χ3n) is 3.77. The van der Waals surface area contributed by atoms with Gasteiger partial charge in [-0.1, -0.05) is 12.1 Å². The van der Waals surface area contributed by atoms with Crippen LogP contribution in [0.4, 0.5) is 5.82 Å². The molecule has 1 aromatic heterocycles. The summed E-state index contributed by atoms with van der Waals surface area (Å²) in [6.45, 7) is 3.64. The highest BCUT2D eigenvalue weighted by Gasteiger charge is 2.40. The number of rotatable bonds is 4. The fourth-order valence-electron chi connectivity index (χ4n) is 2.16. The monoisotopic (exact) mass is 242 g/mol. The zero-order valence-electron chi connectivity index (χ0n) is 10.6. The van der Waals surface area contributed by atoms with Gasteiger partial charge in [0.25, 0.3) is 0 Å². The maximum absolute atomic E-state index is 5.79. The summed E-state index contributed by atoms with van der Waals surface area (Å²) in [5, 5.41) is 3.41. The summed E-state index contributed by atoms with van der Waals surface area (Å²) in [6.07, 6.45) is 2.44. The molecule has 1 aliphatic carbocycles. The molecule has 0 unspecified atom stereocenters. The summed E-state index contributed by atoms with van der Waals surface area (Å²) in [4.78, 5) is 9.19. The largest absolute Gasteiger partial charge is 0.368 e. The zero-order valence-corrected chi connectivity index (χ0v) is 10.6. The molecule has 1 heterocycles. The first-order valence-corrected chi connectivity index (χ1v) is 6.40. The van der Waals surface area contributed by atoms with Gasteiger partial charge < -0.3 is 11.1 Å². The molecule has 1 aromatic carbocycles. The van der Waals surface area contributed by atoms with Crippen molar-refractivity contribution in [2.45, 2.75) is 19.8 Å². The molecule has 4 nitrogen and oxygen atoms in total. The minimum atomic E-state index is 0.305. The van der Waals surface area contributed by atoms with Gasteiger partial charge in [-0.05, 0) is 43.9 Å². The van der Waals surface area contributed by atoms with Gasteiger partial charge in [0.1, 0.15) is 5.82 Å². The number of aromatic nitrogens is 2. The molecule has 0 radical (unpaired) electrons. The number of anilines is 1. The summed E-state index contributed by atoms with van der Waals surface area (Å²) in [5.74, 6) is 0.883. The lowest BCUT2D eigenvalue weighted by Crippen LogP contribution is -2.24. The molecule has 94 valence electrons. The number of para-hydroxylation sites is 2. The summed E-state index contributed by atoms with van der Waals surface area (Å²) in [5.41, 5.74) is 8.92. The maximum Gasteiger partial charge on any atom is 0.148 e. The third-order valence-corrected chi connectivity index (χ3v) is 3.77. The predicted octanol–water partition coefficient (Wildman–Crippen LogP) is 2.09. The summed E-state index contributed by atoms with van der Waals surface area (Å²) < 4.78 is 0. The van der Waals surface area contributed by atoms with Crippen LogP contribution in [0.3, 0.4) is 0 Å². The van der Waals surface area contributed by atoms with E-state index in [4.69, 9.17) is 5.73 Å². The van der Waals surface area contributed by atoms with Gasteiger partial charge in [0.2, 0.25) is 0 Å². The molecule has 1 saturated carbocycles. The summed E-state index contributed by atoms with van der Waals surface area (Å²) in [7, 11) is 0. The van der Waals surface area contributed by atoms with Gasteiger partial charge in [-0.3, -0.25) is 0 Å². The first-order chi connectivity index (χ1) is 8.72. The molecule has 3 N–H and O–H groups in total. The van der Waals surface area contributed by atoms with Crippen molar-refractivity contribution < 1.29 is 0 Å². The van der Waals surface area contributed by atoms with Crippen molar-refractivity contribution in [1.29, 1.82) is 0 Å². The average molecular weight is 242 g/mol. The normalized spacial score (nSPS) is 16.8. The Morgan fingerprint density at radius 3 is 2.50 bits per heavy atom. The fourth-order valence-corrected chi connectivity index (χ4v) is 2.16. The minimum absolute atomic E-state index is 0.305. The van der Waals surface area contributed by atoms with Gasteiger partial charge in [0.15, 0.2) is 0 Å². The van der Waals surface area contributed by atoms with E-state index in [0.29, 0.717) is 5.41 Å². The second-order valence-corrected chi connectivity index (χ2v) is 5.20. The van der Waals surface area contributed by atoms with Crippen molar-refractivity contribution in [2.24, 2.45) is 11.1 Å². The quantitative estimate of drug-likeness (QED) is 0.861. The lowest BCUT2D eigenvalue weighted by molar-refractivity contribution is 0.554. The Labute approximate surface area is 107 Å². The van der Waals surface area contributed by atoms with Gasteiger partial charge in [0, 0.05) is 6.54 Å². The van der Waals surface area contributed by atoms with Gasteiger partial charge in [-0.15, -0.1) is 0 Å². The zero-order chi connectivity index (χ0) is 12.6. The van der Waals surface area contributed by atoms with Crippen LogP contribution in [0.2, 0.25) is 0 Å². The SMILES string of the molecule is Cc1nc2ccccc2nc1NCC1(CN)CC1. The predicted molar refractivity (Wildman–Crippen MR) is 73.5 cm³/mol. The van der Waals surface area contributed by atoms with Crippen molar-refractivity contribution in [3.05, 3.63) is 30.0 Å². The van der Waals surface area contributed by atoms with Crippen LogP contribution in [0.25, 0.3) is 11.0 Å². The first-order valence-electron chi connectivity index (χ1n) is 6.40. The van der Waals surface area contributed by atoms with Crippen LogP contribution >= 0.6 is 0 Å². The van der Waals surface area contributed by atoms with Crippen LogP contribution in [0.1, 0.15) is 18.5 Å². The van der Waals surface area contributed by atoms with E-state index < -0.39 is 0 Å². The van der Waals surface area contributed by atoms with E-state index in [0.717, 1.165) is 35.6 Å². The second-order valence-electron chi connectivity index (χ2n) is 5.20. The molecule has 0 spiro atoms. The molecular weight excluding hydrogens is 224 g/mol. The van der Waals surface area contributed by atoms with E-state index in [1.54, 1.807) is 0 Å². The Kier molecular flexibility index (Phi) is 2.67. The lowest BCUT2D eigenvalue weighted by atomic mass is 10.1. The van der Waals surface area contributed by atoms with E-state index in [1.165, 1.54) is 12.8 Å². The number of nitrogens with zero attached hydrogens (tertiary/aromatic N) is 2. The topological polar surface area (TPSA) is 63.8 Å². The van der Waals surface area contributed by atoms with Gasteiger partial charge >= 0.3 is 0 Å². The van der Waals surface area contributed by atoms with Crippen molar-refractivity contribution in [3.63, 3.8) is 0 Å². The van der Waals surface area contributed by atoms with E-state index in [1.807, 2.05) is 31.2 Å². The van der Waals surface area contributed by atoms with Gasteiger partial charge in [0.05, 0.1) is 16.7 Å². The van der Waals surface area contributed by atoms with Gasteiger partial charge in [-0.25, -0.2) is 9.97 Å². The molecule has 0 saturated heterocycles. The van der Waals surface area contributed by atoms with Crippen LogP contribution in [-0.4, -0.2) is 23.1 Å². The Morgan fingerprint density at radius 1 is 1.22 bits per heavy atom. The number of nitrogens with two attached hydrogens (primary N) is 1. The van der Waals surface area contributed by atoms with Crippen LogP contribution in [0, 0.1) is 12.3 Å². The smallest absolute Gasteiger partial charge is 0.148 e. The van der Waals surface area contributed by atoms with Crippen molar-refractivity contribution >= 4 is 16.9 Å². The van der Waals surface area contributed by atoms with Crippen LogP contribution in [-0.2, 0) is 0 Å². The highest BCUT2D eigenvalue weighted by molar-refractivity contribution is 5.76. The summed E-state index contributed by atoms with van der Waals surface area (Å²) >= 11 is 0. The van der Waals surface area contributed by atoms with Crippen LogP contribution in [0.15, 0.2) is 24.3 Å². The molecule has 18 heavy (non-hydrogen) atoms. The average Bonchev–Trinajstić information content (AvgIpc) is 3.17. The van der Waals surface area contributed by atoms with E-state index in [2.05, 4.69) is 15.3 Å². The van der Waals surface area contributed by atoms with E-state index >= 15 is 0 Å². The number of nitrogens with one attached hydrogen (secondary N) is 1. The first kappa shape index (κ1) is 11.4. The standard InChI is InChI=1S/C14H18N4/c1-10-13(16-9-14(8-15)6-7-14)18-12-5-3-2-4-11(12)17-10/h2-5H,6-9,15H2,1H3,(H,16,18). The second kappa shape index (κ2) is 4.21. The molecule has 4 heteroatoms. The number of benzene rings is 1. The Balaban J connectivity index is 1.85. The van der Waals surface area contributed by atoms with E-state index in [9.17, 15) is 0 Å².